The van der Waals surface area contributed by atoms with E-state index in [2.05, 4.69) is 5.32 Å². The Morgan fingerprint density at radius 3 is 2.81 bits per heavy atom. The van der Waals surface area contributed by atoms with Gasteiger partial charge in [0.05, 0.1) is 13.7 Å². The van der Waals surface area contributed by atoms with Crippen molar-refractivity contribution >= 4 is 11.3 Å². The van der Waals surface area contributed by atoms with Crippen LogP contribution in [0.15, 0.2) is 35.7 Å². The van der Waals surface area contributed by atoms with Crippen LogP contribution >= 0.6 is 11.3 Å². The van der Waals surface area contributed by atoms with E-state index in [-0.39, 0.29) is 12.6 Å². The standard InChI is InChI=1S/C16H21NO3S/c1-12(10-18)17-9-13-5-6-15(16(8-13)19-2)20-11-14-4-3-7-21-14/h3-8,12,17-18H,9-11H2,1-2H3/t12-/m1/s1. The van der Waals surface area contributed by atoms with Crippen molar-refractivity contribution < 1.29 is 14.6 Å². The van der Waals surface area contributed by atoms with Crippen molar-refractivity contribution in [3.8, 4) is 11.5 Å². The summed E-state index contributed by atoms with van der Waals surface area (Å²) >= 11 is 1.67. The first-order valence-corrected chi connectivity index (χ1v) is 7.77. The van der Waals surface area contributed by atoms with Crippen LogP contribution in [0.5, 0.6) is 11.5 Å². The minimum atomic E-state index is 0.0748. The molecule has 2 aromatic rings. The molecule has 4 nitrogen and oxygen atoms in total. The molecule has 2 N–H and O–H groups in total. The maximum atomic E-state index is 9.01. The summed E-state index contributed by atoms with van der Waals surface area (Å²) in [5.74, 6) is 1.47. The lowest BCUT2D eigenvalue weighted by atomic mass is 10.2. The van der Waals surface area contributed by atoms with E-state index in [4.69, 9.17) is 14.6 Å². The zero-order chi connectivity index (χ0) is 15.1. The molecule has 0 aliphatic heterocycles. The van der Waals surface area contributed by atoms with Crippen molar-refractivity contribution in [2.24, 2.45) is 0 Å². The van der Waals surface area contributed by atoms with Crippen LogP contribution in [0, 0.1) is 0 Å². The van der Waals surface area contributed by atoms with Crippen molar-refractivity contribution in [2.45, 2.75) is 26.1 Å². The molecule has 2 rings (SSSR count). The van der Waals surface area contributed by atoms with Crippen LogP contribution in [0.2, 0.25) is 0 Å². The molecule has 0 spiro atoms. The Balaban J connectivity index is 1.98. The van der Waals surface area contributed by atoms with Crippen LogP contribution in [-0.2, 0) is 13.2 Å². The zero-order valence-electron chi connectivity index (χ0n) is 12.3. The molecule has 0 aliphatic carbocycles. The van der Waals surface area contributed by atoms with Gasteiger partial charge in [-0.1, -0.05) is 12.1 Å². The number of aliphatic hydroxyl groups excluding tert-OH is 1. The molecule has 5 heteroatoms. The van der Waals surface area contributed by atoms with E-state index in [9.17, 15) is 0 Å². The molecule has 0 amide bonds. The molecule has 21 heavy (non-hydrogen) atoms. The molecule has 114 valence electrons. The predicted octanol–water partition coefficient (Wildman–Crippen LogP) is 2.81. The fraction of sp³-hybridized carbons (Fsp3) is 0.375. The number of hydrogen-bond acceptors (Lipinski definition) is 5. The smallest absolute Gasteiger partial charge is 0.161 e. The van der Waals surface area contributed by atoms with E-state index < -0.39 is 0 Å². The van der Waals surface area contributed by atoms with Gasteiger partial charge in [0, 0.05) is 17.5 Å². The Morgan fingerprint density at radius 1 is 1.29 bits per heavy atom. The van der Waals surface area contributed by atoms with E-state index >= 15 is 0 Å². The predicted molar refractivity (Wildman–Crippen MR) is 85.0 cm³/mol. The Morgan fingerprint density at radius 2 is 2.14 bits per heavy atom. The lowest BCUT2D eigenvalue weighted by molar-refractivity contribution is 0.251. The van der Waals surface area contributed by atoms with Crippen LogP contribution in [-0.4, -0.2) is 24.9 Å². The van der Waals surface area contributed by atoms with E-state index in [0.29, 0.717) is 13.2 Å². The van der Waals surface area contributed by atoms with Crippen molar-refractivity contribution in [3.05, 3.63) is 46.2 Å². The number of methoxy groups -OCH3 is 1. The van der Waals surface area contributed by atoms with Crippen molar-refractivity contribution in [1.82, 2.24) is 5.32 Å². The molecule has 0 saturated heterocycles. The van der Waals surface area contributed by atoms with E-state index in [1.807, 2.05) is 42.6 Å². The Kier molecular flexibility index (Phi) is 6.04. The zero-order valence-corrected chi connectivity index (χ0v) is 13.2. The van der Waals surface area contributed by atoms with Gasteiger partial charge in [0.2, 0.25) is 0 Å². The lowest BCUT2D eigenvalue weighted by Gasteiger charge is -2.14. The summed E-state index contributed by atoms with van der Waals surface area (Å²) in [7, 11) is 1.64. The maximum absolute atomic E-state index is 9.01. The van der Waals surface area contributed by atoms with E-state index in [0.717, 1.165) is 17.1 Å². The number of benzene rings is 1. The van der Waals surface area contributed by atoms with Crippen molar-refractivity contribution in [3.63, 3.8) is 0 Å². The summed E-state index contributed by atoms with van der Waals surface area (Å²) in [5, 5.41) is 14.3. The lowest BCUT2D eigenvalue weighted by Crippen LogP contribution is -2.28. The Bertz CT molecular complexity index is 542. The first-order chi connectivity index (χ1) is 10.2. The summed E-state index contributed by atoms with van der Waals surface area (Å²) in [6, 6.07) is 10.0. The van der Waals surface area contributed by atoms with Crippen LogP contribution in [0.4, 0.5) is 0 Å². The molecule has 1 heterocycles. The van der Waals surface area contributed by atoms with Gasteiger partial charge in [0.1, 0.15) is 6.61 Å². The third-order valence-electron chi connectivity index (χ3n) is 3.11. The fourth-order valence-corrected chi connectivity index (χ4v) is 2.46. The third kappa shape index (κ3) is 4.74. The molecule has 0 unspecified atom stereocenters. The van der Waals surface area contributed by atoms with E-state index in [1.165, 1.54) is 4.88 Å². The van der Waals surface area contributed by atoms with Gasteiger partial charge in [-0.05, 0) is 36.1 Å². The molecule has 1 atom stereocenters. The first kappa shape index (κ1) is 15.8. The van der Waals surface area contributed by atoms with Gasteiger partial charge in [-0.25, -0.2) is 0 Å². The van der Waals surface area contributed by atoms with Gasteiger partial charge in [-0.3, -0.25) is 0 Å². The van der Waals surface area contributed by atoms with Gasteiger partial charge in [-0.15, -0.1) is 11.3 Å². The second kappa shape index (κ2) is 8.02. The first-order valence-electron chi connectivity index (χ1n) is 6.89. The van der Waals surface area contributed by atoms with Gasteiger partial charge >= 0.3 is 0 Å². The molecular formula is C16H21NO3S. The quantitative estimate of drug-likeness (QED) is 0.787. The number of rotatable bonds is 8. The van der Waals surface area contributed by atoms with Gasteiger partial charge in [0.25, 0.3) is 0 Å². The highest BCUT2D eigenvalue weighted by Gasteiger charge is 2.07. The van der Waals surface area contributed by atoms with Crippen molar-refractivity contribution in [2.75, 3.05) is 13.7 Å². The van der Waals surface area contributed by atoms with Gasteiger partial charge in [0.15, 0.2) is 11.5 Å². The minimum absolute atomic E-state index is 0.0748. The number of aliphatic hydroxyl groups is 1. The summed E-state index contributed by atoms with van der Waals surface area (Å²) in [6.07, 6.45) is 0. The summed E-state index contributed by atoms with van der Waals surface area (Å²) in [4.78, 5) is 1.18. The molecule has 1 aromatic heterocycles. The molecule has 0 bridgehead atoms. The molecule has 0 radical (unpaired) electrons. The van der Waals surface area contributed by atoms with Crippen LogP contribution in [0.3, 0.4) is 0 Å². The largest absolute Gasteiger partial charge is 0.493 e. The highest BCUT2D eigenvalue weighted by Crippen LogP contribution is 2.29. The highest BCUT2D eigenvalue weighted by molar-refractivity contribution is 7.09. The normalized spacial score (nSPS) is 12.1. The van der Waals surface area contributed by atoms with Gasteiger partial charge in [-0.2, -0.15) is 0 Å². The second-order valence-electron chi connectivity index (χ2n) is 4.82. The van der Waals surface area contributed by atoms with E-state index in [1.54, 1.807) is 18.4 Å². The highest BCUT2D eigenvalue weighted by atomic mass is 32.1. The number of thiophene rings is 1. The number of ether oxygens (including phenoxy) is 2. The molecular weight excluding hydrogens is 286 g/mol. The van der Waals surface area contributed by atoms with Crippen LogP contribution in [0.1, 0.15) is 17.4 Å². The Labute approximate surface area is 129 Å². The summed E-state index contributed by atoms with van der Waals surface area (Å²) < 4.78 is 11.2. The minimum Gasteiger partial charge on any atom is -0.493 e. The van der Waals surface area contributed by atoms with Gasteiger partial charge < -0.3 is 19.9 Å². The van der Waals surface area contributed by atoms with Crippen molar-refractivity contribution in [1.29, 1.82) is 0 Å². The number of hydrogen-bond donors (Lipinski definition) is 2. The maximum Gasteiger partial charge on any atom is 0.161 e. The Hall–Kier alpha value is -1.56. The number of nitrogens with one attached hydrogen (secondary N) is 1. The third-order valence-corrected chi connectivity index (χ3v) is 3.96. The monoisotopic (exact) mass is 307 g/mol. The average molecular weight is 307 g/mol. The van der Waals surface area contributed by atoms with Crippen LogP contribution in [0.25, 0.3) is 0 Å². The molecule has 0 aliphatic rings. The SMILES string of the molecule is COc1cc(CN[C@H](C)CO)ccc1OCc1cccs1. The summed E-state index contributed by atoms with van der Waals surface area (Å²) in [6.45, 7) is 3.30. The average Bonchev–Trinajstić information content (AvgIpc) is 3.04. The topological polar surface area (TPSA) is 50.7 Å². The second-order valence-corrected chi connectivity index (χ2v) is 5.85. The molecule has 1 aromatic carbocycles. The summed E-state index contributed by atoms with van der Waals surface area (Å²) in [5.41, 5.74) is 1.09. The molecule has 0 fully saturated rings. The molecule has 0 saturated carbocycles. The van der Waals surface area contributed by atoms with Crippen LogP contribution < -0.4 is 14.8 Å². The fourth-order valence-electron chi connectivity index (χ4n) is 1.84.